The van der Waals surface area contributed by atoms with Crippen LogP contribution in [0.3, 0.4) is 0 Å². The SMILES string of the molecule is CCC(N)Cc1ccc(Sc2nnc(N(C)C)s2)c(C)c1. The normalized spacial score (nSPS) is 12.4. The van der Waals surface area contributed by atoms with E-state index < -0.39 is 0 Å². The number of nitrogens with zero attached hydrogens (tertiary/aromatic N) is 3. The largest absolute Gasteiger partial charge is 0.353 e. The van der Waals surface area contributed by atoms with Crippen LogP contribution >= 0.6 is 23.1 Å². The molecule has 1 unspecified atom stereocenters. The summed E-state index contributed by atoms with van der Waals surface area (Å²) in [5, 5.41) is 9.33. The Balaban J connectivity index is 2.09. The zero-order valence-corrected chi connectivity index (χ0v) is 14.6. The van der Waals surface area contributed by atoms with Crippen molar-refractivity contribution in [2.45, 2.75) is 42.0 Å². The van der Waals surface area contributed by atoms with Gasteiger partial charge >= 0.3 is 0 Å². The first-order valence-electron chi connectivity index (χ1n) is 7.03. The molecule has 0 aliphatic rings. The lowest BCUT2D eigenvalue weighted by atomic mass is 10.0. The van der Waals surface area contributed by atoms with Crippen LogP contribution in [-0.4, -0.2) is 30.3 Å². The topological polar surface area (TPSA) is 55.0 Å². The summed E-state index contributed by atoms with van der Waals surface area (Å²) in [5.41, 5.74) is 8.59. The van der Waals surface area contributed by atoms with Crippen molar-refractivity contribution < 1.29 is 0 Å². The van der Waals surface area contributed by atoms with Gasteiger partial charge < -0.3 is 10.6 Å². The maximum atomic E-state index is 6.02. The molecule has 21 heavy (non-hydrogen) atoms. The third-order valence-electron chi connectivity index (χ3n) is 3.24. The van der Waals surface area contributed by atoms with E-state index in [1.54, 1.807) is 23.1 Å². The van der Waals surface area contributed by atoms with Gasteiger partial charge in [-0.1, -0.05) is 42.2 Å². The van der Waals surface area contributed by atoms with Gasteiger partial charge in [0.25, 0.3) is 0 Å². The van der Waals surface area contributed by atoms with Gasteiger partial charge in [-0.2, -0.15) is 0 Å². The van der Waals surface area contributed by atoms with Crippen LogP contribution in [0.2, 0.25) is 0 Å². The first-order chi connectivity index (χ1) is 9.99. The van der Waals surface area contributed by atoms with Crippen LogP contribution in [0.5, 0.6) is 0 Å². The summed E-state index contributed by atoms with van der Waals surface area (Å²) in [5.74, 6) is 0. The summed E-state index contributed by atoms with van der Waals surface area (Å²) in [6, 6.07) is 6.80. The van der Waals surface area contributed by atoms with Crippen molar-refractivity contribution in [3.05, 3.63) is 29.3 Å². The number of nitrogens with two attached hydrogens (primary N) is 1. The average molecular weight is 323 g/mol. The minimum atomic E-state index is 0.244. The number of aromatic nitrogens is 2. The summed E-state index contributed by atoms with van der Waals surface area (Å²) in [7, 11) is 3.96. The van der Waals surface area contributed by atoms with Crippen LogP contribution in [0.15, 0.2) is 27.4 Å². The maximum Gasteiger partial charge on any atom is 0.208 e. The highest BCUT2D eigenvalue weighted by atomic mass is 32.2. The van der Waals surface area contributed by atoms with E-state index in [9.17, 15) is 0 Å². The maximum absolute atomic E-state index is 6.02. The second kappa shape index (κ2) is 7.24. The summed E-state index contributed by atoms with van der Waals surface area (Å²) in [6.07, 6.45) is 1.94. The van der Waals surface area contributed by atoms with Gasteiger partial charge in [0.2, 0.25) is 5.13 Å². The molecule has 1 heterocycles. The Morgan fingerprint density at radius 2 is 2.10 bits per heavy atom. The van der Waals surface area contributed by atoms with Crippen LogP contribution in [0.25, 0.3) is 0 Å². The highest BCUT2D eigenvalue weighted by Gasteiger charge is 2.10. The van der Waals surface area contributed by atoms with E-state index >= 15 is 0 Å². The highest BCUT2D eigenvalue weighted by Crippen LogP contribution is 2.34. The Labute approximate surface area is 134 Å². The molecule has 0 fully saturated rings. The zero-order valence-electron chi connectivity index (χ0n) is 13.0. The summed E-state index contributed by atoms with van der Waals surface area (Å²) in [6.45, 7) is 4.26. The predicted molar refractivity (Wildman–Crippen MR) is 91.5 cm³/mol. The first-order valence-corrected chi connectivity index (χ1v) is 8.66. The number of hydrogen-bond donors (Lipinski definition) is 1. The monoisotopic (exact) mass is 322 g/mol. The van der Waals surface area contributed by atoms with E-state index in [-0.39, 0.29) is 6.04 Å². The Kier molecular flexibility index (Phi) is 5.61. The fourth-order valence-electron chi connectivity index (χ4n) is 1.92. The lowest BCUT2D eigenvalue weighted by molar-refractivity contribution is 0.646. The van der Waals surface area contributed by atoms with E-state index in [4.69, 9.17) is 5.73 Å². The molecule has 2 N–H and O–H groups in total. The smallest absolute Gasteiger partial charge is 0.208 e. The Bertz CT molecular complexity index is 595. The first kappa shape index (κ1) is 16.3. The highest BCUT2D eigenvalue weighted by molar-refractivity contribution is 8.01. The van der Waals surface area contributed by atoms with E-state index in [1.165, 1.54) is 16.0 Å². The average Bonchev–Trinajstić information content (AvgIpc) is 2.90. The molecular formula is C15H22N4S2. The fraction of sp³-hybridized carbons (Fsp3) is 0.467. The molecule has 2 aromatic rings. The van der Waals surface area contributed by atoms with Crippen LogP contribution in [0.1, 0.15) is 24.5 Å². The van der Waals surface area contributed by atoms with Gasteiger partial charge in [-0.3, -0.25) is 0 Å². The molecule has 0 amide bonds. The molecule has 0 aliphatic carbocycles. The van der Waals surface area contributed by atoms with Gasteiger partial charge in [-0.15, -0.1) is 10.2 Å². The Morgan fingerprint density at radius 3 is 2.67 bits per heavy atom. The quantitative estimate of drug-likeness (QED) is 0.884. The van der Waals surface area contributed by atoms with Crippen molar-refractivity contribution in [1.29, 1.82) is 0 Å². The molecule has 0 saturated carbocycles. The lowest BCUT2D eigenvalue weighted by Crippen LogP contribution is -2.21. The van der Waals surface area contributed by atoms with Crippen LogP contribution < -0.4 is 10.6 Å². The van der Waals surface area contributed by atoms with Crippen molar-refractivity contribution in [3.63, 3.8) is 0 Å². The predicted octanol–water partition coefficient (Wildman–Crippen LogP) is 3.34. The molecule has 2 rings (SSSR count). The van der Waals surface area contributed by atoms with Gasteiger partial charge in [0.05, 0.1) is 0 Å². The Hall–Kier alpha value is -1.11. The van der Waals surface area contributed by atoms with E-state index in [2.05, 4.69) is 42.2 Å². The van der Waals surface area contributed by atoms with Gasteiger partial charge in [-0.25, -0.2) is 0 Å². The van der Waals surface area contributed by atoms with E-state index in [0.717, 1.165) is 22.3 Å². The molecule has 0 bridgehead atoms. The second-order valence-corrected chi connectivity index (χ2v) is 7.56. The van der Waals surface area contributed by atoms with Crippen LogP contribution in [0.4, 0.5) is 5.13 Å². The van der Waals surface area contributed by atoms with Gasteiger partial charge in [0.1, 0.15) is 0 Å². The van der Waals surface area contributed by atoms with Crippen molar-refractivity contribution in [3.8, 4) is 0 Å². The van der Waals surface area contributed by atoms with E-state index in [1.807, 2.05) is 19.0 Å². The number of benzene rings is 1. The summed E-state index contributed by atoms with van der Waals surface area (Å²) < 4.78 is 0.972. The molecule has 1 aromatic heterocycles. The third-order valence-corrected chi connectivity index (χ3v) is 5.56. The number of anilines is 1. The molecular weight excluding hydrogens is 300 g/mol. The van der Waals surface area contributed by atoms with E-state index in [0.29, 0.717) is 0 Å². The van der Waals surface area contributed by atoms with Crippen molar-refractivity contribution >= 4 is 28.2 Å². The zero-order chi connectivity index (χ0) is 15.4. The third kappa shape index (κ3) is 4.43. The van der Waals surface area contributed by atoms with Crippen molar-refractivity contribution in [1.82, 2.24) is 10.2 Å². The van der Waals surface area contributed by atoms with Crippen molar-refractivity contribution in [2.75, 3.05) is 19.0 Å². The number of aryl methyl sites for hydroxylation is 1. The fourth-order valence-corrected chi connectivity index (χ4v) is 3.71. The molecule has 0 aliphatic heterocycles. The Morgan fingerprint density at radius 1 is 1.33 bits per heavy atom. The van der Waals surface area contributed by atoms with Crippen LogP contribution in [-0.2, 0) is 6.42 Å². The number of rotatable bonds is 6. The molecule has 114 valence electrons. The molecule has 4 nitrogen and oxygen atoms in total. The van der Waals surface area contributed by atoms with Crippen molar-refractivity contribution in [2.24, 2.45) is 5.73 Å². The van der Waals surface area contributed by atoms with Crippen LogP contribution in [0, 0.1) is 6.92 Å². The number of hydrogen-bond acceptors (Lipinski definition) is 6. The molecule has 1 atom stereocenters. The standard InChI is InChI=1S/C15H22N4S2/c1-5-12(16)9-11-6-7-13(10(2)8-11)20-15-18-17-14(21-15)19(3)4/h6-8,12H,5,9,16H2,1-4H3. The molecule has 0 spiro atoms. The molecule has 0 saturated heterocycles. The summed E-state index contributed by atoms with van der Waals surface area (Å²) in [4.78, 5) is 3.20. The summed E-state index contributed by atoms with van der Waals surface area (Å²) >= 11 is 3.28. The lowest BCUT2D eigenvalue weighted by Gasteiger charge is -2.11. The van der Waals surface area contributed by atoms with Gasteiger partial charge in [-0.05, 0) is 37.0 Å². The molecule has 0 radical (unpaired) electrons. The van der Waals surface area contributed by atoms with Gasteiger partial charge in [0, 0.05) is 25.0 Å². The minimum absolute atomic E-state index is 0.244. The minimum Gasteiger partial charge on any atom is -0.353 e. The molecule has 6 heteroatoms. The second-order valence-electron chi connectivity index (χ2n) is 5.32. The van der Waals surface area contributed by atoms with Gasteiger partial charge in [0.15, 0.2) is 4.34 Å². The molecule has 1 aromatic carbocycles.